The fraction of sp³-hybridized carbons (Fsp3) is 0.750. The molecule has 0 bridgehead atoms. The molecule has 1 radical (unpaired) electrons. The van der Waals surface area contributed by atoms with Gasteiger partial charge in [-0.25, -0.2) is 0 Å². The fourth-order valence-electron chi connectivity index (χ4n) is 2.01. The molecule has 0 aromatic carbocycles. The number of hydrogen-bond acceptors (Lipinski definition) is 9. The van der Waals surface area contributed by atoms with Gasteiger partial charge in [0.15, 0.2) is 0 Å². The van der Waals surface area contributed by atoms with Gasteiger partial charge in [-0.1, -0.05) is 0 Å². The van der Waals surface area contributed by atoms with Gasteiger partial charge in [0.1, 0.15) is 24.2 Å². The van der Waals surface area contributed by atoms with Crippen molar-refractivity contribution in [3.63, 3.8) is 0 Å². The summed E-state index contributed by atoms with van der Waals surface area (Å²) in [6.07, 6.45) is -3.90. The van der Waals surface area contributed by atoms with Gasteiger partial charge < -0.3 is 42.1 Å². The Bertz CT molecular complexity index is 553. The Hall–Kier alpha value is -2.12. The van der Waals surface area contributed by atoms with Gasteiger partial charge in [-0.2, -0.15) is 0 Å². The lowest BCUT2D eigenvalue weighted by Gasteiger charge is -2.28. The second kappa shape index (κ2) is 11.7. The van der Waals surface area contributed by atoms with Gasteiger partial charge in [-0.3, -0.25) is 19.2 Å². The smallest absolute Gasteiger partial charge is 0.245 e. The summed E-state index contributed by atoms with van der Waals surface area (Å²) in [5, 5.41) is 44.7. The van der Waals surface area contributed by atoms with E-state index in [1.54, 1.807) is 0 Å². The van der Waals surface area contributed by atoms with E-state index in [0.29, 0.717) is 0 Å². The number of nitrogens with one attached hydrogen (secondary N) is 3. The standard InChI is InChI=1S/C16H29N4O8/c1-6(22)10(5-21)18-15(27)12(8(3)24)20-16(28)13(9(4)25)19-14(26)11(17)7(2)23/h6-13,22-25H,17H2,1-4H3,(H,18,27)(H,19,26)(H,20,28)/t6-,7-,8-,9-,10-,11+,12+,13+/m1/s1. The lowest BCUT2D eigenvalue weighted by atomic mass is 10.1. The molecule has 28 heavy (non-hydrogen) atoms. The molecule has 0 aliphatic rings. The van der Waals surface area contributed by atoms with Gasteiger partial charge in [-0.05, 0) is 27.7 Å². The van der Waals surface area contributed by atoms with Crippen molar-refractivity contribution in [2.24, 2.45) is 5.73 Å². The molecule has 0 saturated heterocycles. The summed E-state index contributed by atoms with van der Waals surface area (Å²) in [5.74, 6) is -2.93. The van der Waals surface area contributed by atoms with Crippen LogP contribution in [-0.2, 0) is 19.2 Å². The summed E-state index contributed by atoms with van der Waals surface area (Å²) in [6, 6.07) is -5.86. The zero-order valence-electron chi connectivity index (χ0n) is 16.1. The SMILES string of the molecule is C[C@@H](O)[C@H](N)C(=O)N[C@H](C(=O)N[C@H](C(=O)N[C@H]([C]=O)[C@@H](C)O)[C@@H](C)O)[C@@H](C)O. The second-order valence-electron chi connectivity index (χ2n) is 6.56. The predicted octanol–water partition coefficient (Wildman–Crippen LogP) is -4.60. The van der Waals surface area contributed by atoms with Crippen molar-refractivity contribution in [3.05, 3.63) is 0 Å². The minimum Gasteiger partial charge on any atom is -0.391 e. The lowest BCUT2D eigenvalue weighted by Crippen LogP contribution is -2.62. The van der Waals surface area contributed by atoms with Crippen molar-refractivity contribution in [2.45, 2.75) is 76.3 Å². The van der Waals surface area contributed by atoms with Crippen molar-refractivity contribution >= 4 is 24.0 Å². The van der Waals surface area contributed by atoms with E-state index in [4.69, 9.17) is 5.73 Å². The number of hydrogen-bond donors (Lipinski definition) is 8. The van der Waals surface area contributed by atoms with E-state index in [1.807, 2.05) is 0 Å². The largest absolute Gasteiger partial charge is 0.391 e. The third-order valence-electron chi connectivity index (χ3n) is 3.85. The number of rotatable bonds is 11. The van der Waals surface area contributed by atoms with Crippen LogP contribution in [0.2, 0.25) is 0 Å². The molecule has 3 amide bonds. The van der Waals surface area contributed by atoms with Crippen LogP contribution >= 0.6 is 0 Å². The topological polar surface area (TPSA) is 211 Å². The zero-order chi connectivity index (χ0) is 22.2. The Morgan fingerprint density at radius 1 is 0.714 bits per heavy atom. The van der Waals surface area contributed by atoms with Crippen LogP contribution in [-0.4, -0.2) is 93.0 Å². The Balaban J connectivity index is 5.29. The molecule has 12 heteroatoms. The molecule has 0 spiro atoms. The third-order valence-corrected chi connectivity index (χ3v) is 3.85. The van der Waals surface area contributed by atoms with Crippen LogP contribution in [0, 0.1) is 0 Å². The van der Waals surface area contributed by atoms with E-state index in [1.165, 1.54) is 34.0 Å². The van der Waals surface area contributed by atoms with Crippen molar-refractivity contribution in [2.75, 3.05) is 0 Å². The first-order valence-electron chi connectivity index (χ1n) is 8.60. The number of aliphatic hydroxyl groups is 4. The molecule has 0 fully saturated rings. The summed E-state index contributed by atoms with van der Waals surface area (Å²) in [7, 11) is 0. The number of carbonyl (C=O) groups is 3. The fourth-order valence-corrected chi connectivity index (χ4v) is 2.01. The van der Waals surface area contributed by atoms with Crippen LogP contribution in [0.1, 0.15) is 27.7 Å². The van der Waals surface area contributed by atoms with E-state index in [-0.39, 0.29) is 0 Å². The number of amides is 3. The summed E-state index contributed by atoms with van der Waals surface area (Å²) in [5.41, 5.74) is 5.47. The summed E-state index contributed by atoms with van der Waals surface area (Å²) in [4.78, 5) is 47.3. The molecule has 12 nitrogen and oxygen atoms in total. The van der Waals surface area contributed by atoms with Crippen molar-refractivity contribution in [1.29, 1.82) is 0 Å². The van der Waals surface area contributed by atoms with Crippen molar-refractivity contribution < 1.29 is 39.6 Å². The number of carbonyl (C=O) groups excluding carboxylic acids is 4. The van der Waals surface area contributed by atoms with Crippen LogP contribution in [0.3, 0.4) is 0 Å². The van der Waals surface area contributed by atoms with Crippen LogP contribution in [0.15, 0.2) is 0 Å². The average Bonchev–Trinajstić information content (AvgIpc) is 2.59. The maximum absolute atomic E-state index is 12.4. The van der Waals surface area contributed by atoms with Crippen LogP contribution in [0.25, 0.3) is 0 Å². The first-order valence-corrected chi connectivity index (χ1v) is 8.60. The van der Waals surface area contributed by atoms with Gasteiger partial charge in [-0.15, -0.1) is 0 Å². The highest BCUT2D eigenvalue weighted by Gasteiger charge is 2.34. The van der Waals surface area contributed by atoms with Gasteiger partial charge in [0.25, 0.3) is 0 Å². The molecule has 0 aliphatic heterocycles. The normalized spacial score (nSPS) is 19.8. The summed E-state index contributed by atoms with van der Waals surface area (Å²) in [6.45, 7) is 4.88. The van der Waals surface area contributed by atoms with E-state index < -0.39 is 66.3 Å². The minimum absolute atomic E-state index is 0.918. The molecule has 0 aromatic rings. The number of aliphatic hydroxyl groups excluding tert-OH is 4. The van der Waals surface area contributed by atoms with Crippen LogP contribution in [0.4, 0.5) is 0 Å². The minimum atomic E-state index is -1.56. The van der Waals surface area contributed by atoms with E-state index in [0.717, 1.165) is 0 Å². The second-order valence-corrected chi connectivity index (χ2v) is 6.56. The Labute approximate surface area is 162 Å². The Morgan fingerprint density at radius 2 is 1.11 bits per heavy atom. The first-order chi connectivity index (χ1) is 12.8. The highest BCUT2D eigenvalue weighted by molar-refractivity contribution is 5.94. The Morgan fingerprint density at radius 3 is 1.43 bits per heavy atom. The molecule has 0 aliphatic carbocycles. The highest BCUT2D eigenvalue weighted by Crippen LogP contribution is 2.01. The molecule has 0 unspecified atom stereocenters. The summed E-state index contributed by atoms with van der Waals surface area (Å²) < 4.78 is 0. The van der Waals surface area contributed by atoms with Crippen LogP contribution in [0.5, 0.6) is 0 Å². The van der Waals surface area contributed by atoms with E-state index in [2.05, 4.69) is 16.0 Å². The van der Waals surface area contributed by atoms with Gasteiger partial charge in [0.05, 0.1) is 24.4 Å². The predicted molar refractivity (Wildman–Crippen MR) is 96.2 cm³/mol. The molecule has 0 saturated carbocycles. The van der Waals surface area contributed by atoms with Crippen molar-refractivity contribution in [1.82, 2.24) is 16.0 Å². The third kappa shape index (κ3) is 7.86. The molecule has 0 rings (SSSR count). The van der Waals surface area contributed by atoms with Gasteiger partial charge >= 0.3 is 0 Å². The van der Waals surface area contributed by atoms with Gasteiger partial charge in [0.2, 0.25) is 24.0 Å². The quantitative estimate of drug-likeness (QED) is 0.166. The lowest BCUT2D eigenvalue weighted by molar-refractivity contribution is -0.136. The molecular formula is C16H29N4O8. The van der Waals surface area contributed by atoms with E-state index >= 15 is 0 Å². The molecule has 0 aromatic heterocycles. The first kappa shape index (κ1) is 25.9. The average molecular weight is 405 g/mol. The monoisotopic (exact) mass is 405 g/mol. The number of nitrogens with two attached hydrogens (primary N) is 1. The molecule has 8 atom stereocenters. The van der Waals surface area contributed by atoms with Gasteiger partial charge in [0, 0.05) is 0 Å². The zero-order valence-corrected chi connectivity index (χ0v) is 16.1. The highest BCUT2D eigenvalue weighted by atomic mass is 16.3. The maximum atomic E-state index is 12.4. The van der Waals surface area contributed by atoms with Crippen LogP contribution < -0.4 is 21.7 Å². The maximum Gasteiger partial charge on any atom is 0.245 e. The molecule has 9 N–H and O–H groups in total. The van der Waals surface area contributed by atoms with E-state index in [9.17, 15) is 39.6 Å². The van der Waals surface area contributed by atoms with Crippen molar-refractivity contribution in [3.8, 4) is 0 Å². The molecule has 161 valence electrons. The summed E-state index contributed by atoms with van der Waals surface area (Å²) >= 11 is 0. The Kier molecular flexibility index (Phi) is 10.8. The molecular weight excluding hydrogens is 376 g/mol. The molecule has 0 heterocycles.